The molecule has 0 spiro atoms. The highest BCUT2D eigenvalue weighted by molar-refractivity contribution is 5.09. The van der Waals surface area contributed by atoms with E-state index in [0.29, 0.717) is 5.69 Å². The van der Waals surface area contributed by atoms with Crippen LogP contribution in [0.5, 0.6) is 0 Å². The molecule has 1 fully saturated rings. The van der Waals surface area contributed by atoms with Crippen LogP contribution in [0.2, 0.25) is 0 Å². The second-order valence-electron chi connectivity index (χ2n) is 3.93. The van der Waals surface area contributed by atoms with Crippen LogP contribution in [0.25, 0.3) is 0 Å². The Hall–Kier alpha value is -1.00. The fraction of sp³-hybridized carbons (Fsp3) is 0.545. The van der Waals surface area contributed by atoms with Crippen molar-refractivity contribution in [1.82, 2.24) is 10.3 Å². The lowest BCUT2D eigenvalue weighted by atomic mass is 9.90. The smallest absolute Gasteiger partial charge is 0.141 e. The Morgan fingerprint density at radius 3 is 2.73 bits per heavy atom. The zero-order valence-corrected chi connectivity index (χ0v) is 8.49. The van der Waals surface area contributed by atoms with Crippen molar-refractivity contribution in [2.75, 3.05) is 13.1 Å². The first-order chi connectivity index (χ1) is 7.27. The molecule has 82 valence electrons. The number of rotatable bonds is 2. The number of aromatic nitrogens is 1. The normalized spacial score (nSPS) is 20.1. The number of hydrogen-bond donors (Lipinski definition) is 2. The van der Waals surface area contributed by atoms with Gasteiger partial charge in [0.05, 0.1) is 18.0 Å². The molecule has 2 N–H and O–H groups in total. The molecular weight excluding hydrogens is 195 g/mol. The van der Waals surface area contributed by atoms with E-state index in [9.17, 15) is 9.50 Å². The van der Waals surface area contributed by atoms with Crippen molar-refractivity contribution in [1.29, 1.82) is 0 Å². The Labute approximate surface area is 88.3 Å². The third-order valence-electron chi connectivity index (χ3n) is 2.88. The van der Waals surface area contributed by atoms with Crippen molar-refractivity contribution in [3.63, 3.8) is 0 Å². The molecule has 0 saturated carbocycles. The first kappa shape index (κ1) is 10.5. The maximum atomic E-state index is 12.6. The number of aliphatic hydroxyl groups is 1. The Kier molecular flexibility index (Phi) is 3.28. The fourth-order valence-electron chi connectivity index (χ4n) is 1.96. The summed E-state index contributed by atoms with van der Waals surface area (Å²) in [6.07, 6.45) is 2.48. The molecule has 1 aliphatic heterocycles. The van der Waals surface area contributed by atoms with Gasteiger partial charge in [0.25, 0.3) is 0 Å². The fourth-order valence-corrected chi connectivity index (χ4v) is 1.96. The summed E-state index contributed by atoms with van der Waals surface area (Å²) in [5.41, 5.74) is 0.573. The van der Waals surface area contributed by atoms with Gasteiger partial charge in [-0.25, -0.2) is 4.39 Å². The van der Waals surface area contributed by atoms with E-state index in [1.165, 1.54) is 6.07 Å². The minimum Gasteiger partial charge on any atom is -0.387 e. The van der Waals surface area contributed by atoms with Gasteiger partial charge in [-0.3, -0.25) is 4.98 Å². The number of pyridine rings is 1. The van der Waals surface area contributed by atoms with E-state index in [2.05, 4.69) is 10.3 Å². The molecule has 2 heterocycles. The SMILES string of the molecule is OC(c1ccc(F)cn1)C1CCNCC1. The summed E-state index contributed by atoms with van der Waals surface area (Å²) in [6, 6.07) is 2.90. The van der Waals surface area contributed by atoms with E-state index in [4.69, 9.17) is 0 Å². The van der Waals surface area contributed by atoms with Gasteiger partial charge >= 0.3 is 0 Å². The number of piperidine rings is 1. The van der Waals surface area contributed by atoms with Crippen molar-refractivity contribution in [2.45, 2.75) is 18.9 Å². The van der Waals surface area contributed by atoms with Gasteiger partial charge in [-0.05, 0) is 44.0 Å². The lowest BCUT2D eigenvalue weighted by Gasteiger charge is -2.26. The van der Waals surface area contributed by atoms with Gasteiger partial charge in [0.2, 0.25) is 0 Å². The number of nitrogens with zero attached hydrogens (tertiary/aromatic N) is 1. The molecular formula is C11H15FN2O. The quantitative estimate of drug-likeness (QED) is 0.772. The number of nitrogens with one attached hydrogen (secondary N) is 1. The molecule has 1 aliphatic rings. The predicted molar refractivity (Wildman–Crippen MR) is 54.7 cm³/mol. The van der Waals surface area contributed by atoms with Crippen LogP contribution in [-0.4, -0.2) is 23.2 Å². The molecule has 1 aromatic rings. The first-order valence-corrected chi connectivity index (χ1v) is 5.27. The Morgan fingerprint density at radius 2 is 2.13 bits per heavy atom. The molecule has 0 aromatic carbocycles. The van der Waals surface area contributed by atoms with Gasteiger partial charge in [0.15, 0.2) is 0 Å². The predicted octanol–water partition coefficient (Wildman–Crippen LogP) is 1.25. The van der Waals surface area contributed by atoms with Crippen LogP contribution in [0.15, 0.2) is 18.3 Å². The molecule has 4 heteroatoms. The maximum absolute atomic E-state index is 12.6. The molecule has 0 aliphatic carbocycles. The minimum atomic E-state index is -0.562. The molecule has 15 heavy (non-hydrogen) atoms. The zero-order valence-electron chi connectivity index (χ0n) is 8.49. The highest BCUT2D eigenvalue weighted by atomic mass is 19.1. The monoisotopic (exact) mass is 210 g/mol. The average Bonchev–Trinajstić information content (AvgIpc) is 2.30. The molecule has 1 atom stereocenters. The molecule has 1 saturated heterocycles. The zero-order chi connectivity index (χ0) is 10.7. The third-order valence-corrected chi connectivity index (χ3v) is 2.88. The Morgan fingerprint density at radius 1 is 1.40 bits per heavy atom. The van der Waals surface area contributed by atoms with E-state index >= 15 is 0 Å². The highest BCUT2D eigenvalue weighted by Gasteiger charge is 2.23. The second kappa shape index (κ2) is 4.68. The summed E-state index contributed by atoms with van der Waals surface area (Å²) in [5.74, 6) is -0.125. The molecule has 0 bridgehead atoms. The summed E-state index contributed by atoms with van der Waals surface area (Å²) in [6.45, 7) is 1.87. The number of hydrogen-bond acceptors (Lipinski definition) is 3. The standard InChI is InChI=1S/C11H15FN2O/c12-9-1-2-10(14-7-9)11(15)8-3-5-13-6-4-8/h1-2,7-8,11,13,15H,3-6H2. The van der Waals surface area contributed by atoms with Crippen molar-refractivity contribution in [3.05, 3.63) is 29.8 Å². The van der Waals surface area contributed by atoms with Gasteiger partial charge in [-0.15, -0.1) is 0 Å². The largest absolute Gasteiger partial charge is 0.387 e. The second-order valence-corrected chi connectivity index (χ2v) is 3.93. The summed E-state index contributed by atoms with van der Waals surface area (Å²) in [4.78, 5) is 3.91. The summed E-state index contributed by atoms with van der Waals surface area (Å²) >= 11 is 0. The van der Waals surface area contributed by atoms with E-state index < -0.39 is 6.10 Å². The Balaban J connectivity index is 2.05. The van der Waals surface area contributed by atoms with E-state index in [0.717, 1.165) is 32.1 Å². The molecule has 0 amide bonds. The third kappa shape index (κ3) is 2.52. The van der Waals surface area contributed by atoms with Crippen LogP contribution in [0.3, 0.4) is 0 Å². The van der Waals surface area contributed by atoms with E-state index in [1.54, 1.807) is 6.07 Å². The van der Waals surface area contributed by atoms with Crippen molar-refractivity contribution < 1.29 is 9.50 Å². The summed E-state index contributed by atoms with van der Waals surface area (Å²) in [7, 11) is 0. The number of aliphatic hydroxyl groups excluding tert-OH is 1. The van der Waals surface area contributed by atoms with Gasteiger partial charge in [-0.1, -0.05) is 0 Å². The van der Waals surface area contributed by atoms with Gasteiger partial charge < -0.3 is 10.4 Å². The lowest BCUT2D eigenvalue weighted by molar-refractivity contribution is 0.0850. The van der Waals surface area contributed by atoms with Crippen molar-refractivity contribution in [2.24, 2.45) is 5.92 Å². The lowest BCUT2D eigenvalue weighted by Crippen LogP contribution is -2.31. The van der Waals surface area contributed by atoms with Gasteiger partial charge in [0, 0.05) is 0 Å². The van der Waals surface area contributed by atoms with Gasteiger partial charge in [-0.2, -0.15) is 0 Å². The molecule has 1 aromatic heterocycles. The van der Waals surface area contributed by atoms with Crippen molar-refractivity contribution in [3.8, 4) is 0 Å². The van der Waals surface area contributed by atoms with Crippen LogP contribution in [-0.2, 0) is 0 Å². The van der Waals surface area contributed by atoms with Crippen LogP contribution in [0, 0.1) is 11.7 Å². The van der Waals surface area contributed by atoms with Crippen LogP contribution in [0.1, 0.15) is 24.6 Å². The first-order valence-electron chi connectivity index (χ1n) is 5.27. The Bertz CT molecular complexity index is 309. The van der Waals surface area contributed by atoms with Crippen LogP contribution in [0.4, 0.5) is 4.39 Å². The topological polar surface area (TPSA) is 45.2 Å². The highest BCUT2D eigenvalue weighted by Crippen LogP contribution is 2.27. The molecule has 1 unspecified atom stereocenters. The number of halogens is 1. The summed E-state index contributed by atoms with van der Waals surface area (Å²) in [5, 5.41) is 13.3. The van der Waals surface area contributed by atoms with E-state index in [-0.39, 0.29) is 11.7 Å². The average molecular weight is 210 g/mol. The molecule has 2 rings (SSSR count). The minimum absolute atomic E-state index is 0.240. The van der Waals surface area contributed by atoms with E-state index in [1.807, 2.05) is 0 Å². The molecule has 3 nitrogen and oxygen atoms in total. The van der Waals surface area contributed by atoms with Crippen molar-refractivity contribution >= 4 is 0 Å². The maximum Gasteiger partial charge on any atom is 0.141 e. The van der Waals surface area contributed by atoms with Crippen LogP contribution < -0.4 is 5.32 Å². The summed E-state index contributed by atoms with van der Waals surface area (Å²) < 4.78 is 12.6. The van der Waals surface area contributed by atoms with Gasteiger partial charge in [0.1, 0.15) is 5.82 Å². The molecule has 0 radical (unpaired) electrons. The van der Waals surface area contributed by atoms with Crippen LogP contribution >= 0.6 is 0 Å².